The third-order valence-corrected chi connectivity index (χ3v) is 8.13. The summed E-state index contributed by atoms with van der Waals surface area (Å²) in [5, 5.41) is 10.4. The van der Waals surface area contributed by atoms with Crippen molar-refractivity contribution in [3.05, 3.63) is 68.6 Å². The van der Waals surface area contributed by atoms with Crippen LogP contribution in [0.4, 0.5) is 23.7 Å². The normalized spacial score (nSPS) is 21.3. The molecule has 2 fully saturated rings. The number of carbonyl (C=O) groups is 2. The first-order valence-corrected chi connectivity index (χ1v) is 13.5. The van der Waals surface area contributed by atoms with Crippen LogP contribution in [0.5, 0.6) is 0 Å². The number of thioether (sulfide) groups is 1. The molecule has 4 rings (SSSR count). The lowest BCUT2D eigenvalue weighted by Gasteiger charge is -2.29. The van der Waals surface area contributed by atoms with E-state index in [4.69, 9.17) is 22.7 Å². The Morgan fingerprint density at radius 1 is 1.11 bits per heavy atom. The van der Waals surface area contributed by atoms with E-state index in [0.717, 1.165) is 49.7 Å². The van der Waals surface area contributed by atoms with Gasteiger partial charge in [0.1, 0.15) is 0 Å². The quantitative estimate of drug-likeness (QED) is 0.243. The Morgan fingerprint density at radius 2 is 1.82 bits per heavy atom. The van der Waals surface area contributed by atoms with Crippen molar-refractivity contribution >= 4 is 52.5 Å². The lowest BCUT2D eigenvalue weighted by atomic mass is 9.82. The fourth-order valence-corrected chi connectivity index (χ4v) is 5.85. The molecule has 2 aromatic rings. The number of rotatable bonds is 8. The van der Waals surface area contributed by atoms with E-state index in [-0.39, 0.29) is 34.2 Å². The molecule has 6 nitrogen and oxygen atoms in total. The van der Waals surface area contributed by atoms with Gasteiger partial charge in [-0.3, -0.25) is 14.5 Å². The van der Waals surface area contributed by atoms with Gasteiger partial charge in [-0.25, -0.2) is 0 Å². The van der Waals surface area contributed by atoms with Gasteiger partial charge >= 0.3 is 6.18 Å². The van der Waals surface area contributed by atoms with Gasteiger partial charge in [0.25, 0.3) is 11.1 Å². The number of hydrogen-bond donors (Lipinski definition) is 3. The highest BCUT2D eigenvalue weighted by Gasteiger charge is 2.37. The van der Waals surface area contributed by atoms with Gasteiger partial charge in [0.05, 0.1) is 10.5 Å². The predicted molar refractivity (Wildman–Crippen MR) is 145 cm³/mol. The first-order chi connectivity index (χ1) is 18.1. The summed E-state index contributed by atoms with van der Waals surface area (Å²) in [6, 6.07) is 8.56. The summed E-state index contributed by atoms with van der Waals surface area (Å²) in [7, 11) is 0. The average molecular weight is 565 g/mol. The molecule has 1 aliphatic carbocycles. The van der Waals surface area contributed by atoms with Crippen LogP contribution in [0, 0.1) is 17.2 Å². The number of benzene rings is 2. The summed E-state index contributed by atoms with van der Waals surface area (Å²) >= 11 is 6.64. The second-order valence-electron chi connectivity index (χ2n) is 9.56. The Labute approximate surface area is 228 Å². The van der Waals surface area contributed by atoms with E-state index in [1.54, 1.807) is 24.3 Å². The summed E-state index contributed by atoms with van der Waals surface area (Å²) in [4.78, 5) is 27.1. The van der Waals surface area contributed by atoms with Crippen molar-refractivity contribution in [2.24, 2.45) is 17.6 Å². The fraction of sp³-hybridized carbons (Fsp3) is 0.370. The second-order valence-corrected chi connectivity index (χ2v) is 11.0. The molecule has 2 aliphatic rings. The number of imide groups is 1. The number of nitrogens with zero attached hydrogens (tertiary/aromatic N) is 1. The highest BCUT2D eigenvalue weighted by atomic mass is 35.5. The molecule has 1 aliphatic heterocycles. The molecule has 0 atom stereocenters. The number of halogens is 4. The van der Waals surface area contributed by atoms with E-state index >= 15 is 0 Å². The molecule has 1 saturated heterocycles. The zero-order valence-electron chi connectivity index (χ0n) is 20.5. The van der Waals surface area contributed by atoms with Crippen LogP contribution in [-0.4, -0.2) is 35.4 Å². The van der Waals surface area contributed by atoms with Crippen LogP contribution in [0.2, 0.25) is 5.02 Å². The Balaban J connectivity index is 1.45. The van der Waals surface area contributed by atoms with E-state index in [9.17, 15) is 22.8 Å². The molecule has 38 heavy (non-hydrogen) atoms. The minimum atomic E-state index is -4.55. The van der Waals surface area contributed by atoms with Crippen molar-refractivity contribution in [1.29, 1.82) is 5.41 Å². The Hall–Kier alpha value is -2.82. The zero-order chi connectivity index (χ0) is 27.4. The van der Waals surface area contributed by atoms with Crippen molar-refractivity contribution < 1.29 is 22.8 Å². The molecule has 0 unspecified atom stereocenters. The highest BCUT2D eigenvalue weighted by Crippen LogP contribution is 2.37. The molecule has 2 amide bonds. The number of alkyl halides is 3. The molecule has 0 bridgehead atoms. The van der Waals surface area contributed by atoms with Crippen LogP contribution in [0.3, 0.4) is 0 Å². The monoisotopic (exact) mass is 564 g/mol. The van der Waals surface area contributed by atoms with Gasteiger partial charge < -0.3 is 16.5 Å². The van der Waals surface area contributed by atoms with Crippen LogP contribution >= 0.6 is 23.4 Å². The lowest BCUT2D eigenvalue weighted by molar-refractivity contribution is -0.138. The van der Waals surface area contributed by atoms with E-state index in [1.165, 1.54) is 17.0 Å². The molecule has 0 radical (unpaired) electrons. The van der Waals surface area contributed by atoms with E-state index in [0.29, 0.717) is 40.7 Å². The standard InChI is InChI=1S/C27H28ClF3N4O2S/c28-21-7-6-19(22(11-21)27(29,30)31)14-34-23-8-5-18(9-20(23)13-33)10-24-25(36)35(26(37)38-24)15-17-3-1-16(12-32)2-4-17/h5-11,13,16-17,33-34H,1-4,12,14-15,32H2/b24-10-,33-13?. The van der Waals surface area contributed by atoms with Crippen molar-refractivity contribution in [3.8, 4) is 0 Å². The summed E-state index contributed by atoms with van der Waals surface area (Å²) in [6.45, 7) is 0.940. The molecule has 0 spiro atoms. The molecule has 1 heterocycles. The van der Waals surface area contributed by atoms with Crippen LogP contribution < -0.4 is 11.1 Å². The van der Waals surface area contributed by atoms with Gasteiger partial charge in [0.15, 0.2) is 0 Å². The molecule has 2 aromatic carbocycles. The molecule has 0 aromatic heterocycles. The van der Waals surface area contributed by atoms with E-state index in [2.05, 4.69) is 5.32 Å². The largest absolute Gasteiger partial charge is 0.416 e. The smallest absolute Gasteiger partial charge is 0.380 e. The van der Waals surface area contributed by atoms with Crippen molar-refractivity contribution in [1.82, 2.24) is 4.90 Å². The van der Waals surface area contributed by atoms with Gasteiger partial charge in [0.2, 0.25) is 0 Å². The van der Waals surface area contributed by atoms with Crippen molar-refractivity contribution in [3.63, 3.8) is 0 Å². The Bertz CT molecular complexity index is 1260. The maximum absolute atomic E-state index is 13.4. The minimum absolute atomic E-state index is 0.00556. The second kappa shape index (κ2) is 11.9. The summed E-state index contributed by atoms with van der Waals surface area (Å²) in [5.41, 5.74) is 6.44. The van der Waals surface area contributed by atoms with Gasteiger partial charge in [-0.2, -0.15) is 13.2 Å². The van der Waals surface area contributed by atoms with Gasteiger partial charge in [-0.15, -0.1) is 0 Å². The molecule has 202 valence electrons. The molecular weight excluding hydrogens is 537 g/mol. The molecule has 4 N–H and O–H groups in total. The van der Waals surface area contributed by atoms with Crippen LogP contribution in [-0.2, 0) is 17.5 Å². The predicted octanol–water partition coefficient (Wildman–Crippen LogP) is 6.77. The highest BCUT2D eigenvalue weighted by molar-refractivity contribution is 8.18. The van der Waals surface area contributed by atoms with E-state index in [1.807, 2.05) is 0 Å². The van der Waals surface area contributed by atoms with Crippen molar-refractivity contribution in [2.75, 3.05) is 18.4 Å². The zero-order valence-corrected chi connectivity index (χ0v) is 22.1. The van der Waals surface area contributed by atoms with E-state index < -0.39 is 11.7 Å². The summed E-state index contributed by atoms with van der Waals surface area (Å²) in [5.74, 6) is 0.459. The van der Waals surface area contributed by atoms with Crippen LogP contribution in [0.15, 0.2) is 41.3 Å². The Morgan fingerprint density at radius 3 is 2.47 bits per heavy atom. The van der Waals surface area contributed by atoms with Crippen LogP contribution in [0.1, 0.15) is 47.9 Å². The molecule has 1 saturated carbocycles. The minimum Gasteiger partial charge on any atom is -0.380 e. The number of nitrogens with one attached hydrogen (secondary N) is 2. The van der Waals surface area contributed by atoms with Gasteiger partial charge in [-0.05, 0) is 97.3 Å². The lowest BCUT2D eigenvalue weighted by Crippen LogP contribution is -2.35. The number of nitrogens with two attached hydrogens (primary N) is 1. The number of anilines is 1. The maximum atomic E-state index is 13.4. The number of amides is 2. The van der Waals surface area contributed by atoms with Gasteiger partial charge in [0, 0.05) is 35.6 Å². The first kappa shape index (κ1) is 28.2. The summed E-state index contributed by atoms with van der Waals surface area (Å²) in [6.07, 6.45) is 2.04. The topological polar surface area (TPSA) is 99.3 Å². The van der Waals surface area contributed by atoms with Crippen molar-refractivity contribution in [2.45, 2.75) is 38.4 Å². The third kappa shape index (κ3) is 6.59. The van der Waals surface area contributed by atoms with Gasteiger partial charge in [-0.1, -0.05) is 23.7 Å². The molecular formula is C27H28ClF3N4O2S. The molecule has 11 heteroatoms. The first-order valence-electron chi connectivity index (χ1n) is 12.3. The Kier molecular flexibility index (Phi) is 8.85. The summed E-state index contributed by atoms with van der Waals surface area (Å²) < 4.78 is 40.2. The SMILES string of the molecule is N=Cc1cc(/C=C2\SC(=O)N(CC3CCC(CN)CC3)C2=O)ccc1NCc1ccc(Cl)cc1C(F)(F)F. The number of carbonyl (C=O) groups excluding carboxylic acids is 2. The van der Waals surface area contributed by atoms with Crippen LogP contribution in [0.25, 0.3) is 6.08 Å². The number of hydrogen-bond acceptors (Lipinski definition) is 6. The maximum Gasteiger partial charge on any atom is 0.416 e. The third-order valence-electron chi connectivity index (χ3n) is 6.99. The average Bonchev–Trinajstić information content (AvgIpc) is 3.15. The fourth-order valence-electron chi connectivity index (χ4n) is 4.83.